The van der Waals surface area contributed by atoms with Gasteiger partial charge in [0.15, 0.2) is 0 Å². The van der Waals surface area contributed by atoms with Crippen LogP contribution in [0.2, 0.25) is 0 Å². The first-order valence-corrected chi connectivity index (χ1v) is 8.40. The van der Waals surface area contributed by atoms with Gasteiger partial charge in [0.25, 0.3) is 0 Å². The van der Waals surface area contributed by atoms with Gasteiger partial charge in [-0.15, -0.1) is 11.3 Å². The van der Waals surface area contributed by atoms with E-state index in [9.17, 15) is 0 Å². The van der Waals surface area contributed by atoms with Gasteiger partial charge in [-0.25, -0.2) is 0 Å². The molecule has 1 atom stereocenters. The van der Waals surface area contributed by atoms with Crippen LogP contribution in [0.3, 0.4) is 0 Å². The molecule has 0 aliphatic carbocycles. The van der Waals surface area contributed by atoms with Crippen molar-refractivity contribution in [3.63, 3.8) is 0 Å². The molecule has 1 heterocycles. The zero-order valence-electron chi connectivity index (χ0n) is 11.2. The number of benzene rings is 1. The number of thiophene rings is 1. The number of hydrogen-bond donors (Lipinski definition) is 1. The SMILES string of the molecule is CNC(CCCc1ccccc1)Cc1sccc1Br. The molecule has 3 heteroatoms. The van der Waals surface area contributed by atoms with Crippen molar-refractivity contribution in [2.24, 2.45) is 0 Å². The first-order chi connectivity index (χ1) is 9.29. The molecule has 0 radical (unpaired) electrons. The first kappa shape index (κ1) is 14.8. The topological polar surface area (TPSA) is 12.0 Å². The van der Waals surface area contributed by atoms with E-state index in [1.165, 1.54) is 34.2 Å². The summed E-state index contributed by atoms with van der Waals surface area (Å²) in [6.07, 6.45) is 4.74. The van der Waals surface area contributed by atoms with Crippen molar-refractivity contribution >= 4 is 27.3 Å². The highest BCUT2D eigenvalue weighted by Crippen LogP contribution is 2.24. The van der Waals surface area contributed by atoms with Crippen molar-refractivity contribution in [1.82, 2.24) is 5.32 Å². The fraction of sp³-hybridized carbons (Fsp3) is 0.375. The molecule has 0 spiro atoms. The lowest BCUT2D eigenvalue weighted by molar-refractivity contribution is 0.504. The van der Waals surface area contributed by atoms with E-state index in [0.717, 1.165) is 6.42 Å². The van der Waals surface area contributed by atoms with Crippen LogP contribution in [0.5, 0.6) is 0 Å². The Labute approximate surface area is 128 Å². The Balaban J connectivity index is 1.78. The fourth-order valence-corrected chi connectivity index (χ4v) is 3.84. The summed E-state index contributed by atoms with van der Waals surface area (Å²) in [5.74, 6) is 0. The van der Waals surface area contributed by atoms with Crippen LogP contribution in [-0.2, 0) is 12.8 Å². The minimum absolute atomic E-state index is 0.568. The minimum Gasteiger partial charge on any atom is -0.317 e. The second-order valence-electron chi connectivity index (χ2n) is 4.76. The molecule has 1 aromatic heterocycles. The van der Waals surface area contributed by atoms with Crippen molar-refractivity contribution in [3.05, 3.63) is 56.7 Å². The van der Waals surface area contributed by atoms with Crippen LogP contribution in [0.15, 0.2) is 46.3 Å². The molecule has 2 aromatic rings. The highest BCUT2D eigenvalue weighted by molar-refractivity contribution is 9.10. The molecule has 1 N–H and O–H groups in total. The van der Waals surface area contributed by atoms with Crippen molar-refractivity contribution in [2.75, 3.05) is 7.05 Å². The van der Waals surface area contributed by atoms with Crippen LogP contribution in [-0.4, -0.2) is 13.1 Å². The third-order valence-corrected chi connectivity index (χ3v) is 5.34. The number of aryl methyl sites for hydroxylation is 1. The molecular formula is C16H20BrNS. The van der Waals surface area contributed by atoms with Crippen molar-refractivity contribution < 1.29 is 0 Å². The third kappa shape index (κ3) is 4.75. The molecule has 0 bridgehead atoms. The van der Waals surface area contributed by atoms with E-state index in [2.05, 4.69) is 70.1 Å². The van der Waals surface area contributed by atoms with E-state index in [1.54, 1.807) is 0 Å². The van der Waals surface area contributed by atoms with Gasteiger partial charge in [0.1, 0.15) is 0 Å². The van der Waals surface area contributed by atoms with Crippen molar-refractivity contribution in [3.8, 4) is 0 Å². The molecule has 0 aliphatic rings. The number of rotatable bonds is 7. The zero-order valence-corrected chi connectivity index (χ0v) is 13.6. The van der Waals surface area contributed by atoms with Gasteiger partial charge in [0, 0.05) is 15.4 Å². The van der Waals surface area contributed by atoms with Gasteiger partial charge in [-0.1, -0.05) is 30.3 Å². The molecular weight excluding hydrogens is 318 g/mol. The molecule has 19 heavy (non-hydrogen) atoms. The average Bonchev–Trinajstić information content (AvgIpc) is 2.84. The van der Waals surface area contributed by atoms with Gasteiger partial charge in [0.2, 0.25) is 0 Å². The Morgan fingerprint density at radius 2 is 2.00 bits per heavy atom. The summed E-state index contributed by atoms with van der Waals surface area (Å²) in [5, 5.41) is 5.59. The second kappa shape index (κ2) is 7.83. The predicted molar refractivity (Wildman–Crippen MR) is 88.0 cm³/mol. The molecule has 0 fully saturated rings. The van der Waals surface area contributed by atoms with Crippen LogP contribution in [0.1, 0.15) is 23.3 Å². The summed E-state index contributed by atoms with van der Waals surface area (Å²) < 4.78 is 1.25. The summed E-state index contributed by atoms with van der Waals surface area (Å²) in [5.41, 5.74) is 1.44. The maximum absolute atomic E-state index is 3.61. The summed E-state index contributed by atoms with van der Waals surface area (Å²) in [4.78, 5) is 1.44. The van der Waals surface area contributed by atoms with Gasteiger partial charge < -0.3 is 5.32 Å². The highest BCUT2D eigenvalue weighted by Gasteiger charge is 2.10. The number of likely N-dealkylation sites (N-methyl/N-ethyl adjacent to an activating group) is 1. The van der Waals surface area contributed by atoms with E-state index in [0.29, 0.717) is 6.04 Å². The predicted octanol–water partition coefficient (Wildman–Crippen LogP) is 4.66. The van der Waals surface area contributed by atoms with Gasteiger partial charge in [-0.2, -0.15) is 0 Å². The summed E-state index contributed by atoms with van der Waals surface area (Å²) in [6.45, 7) is 0. The van der Waals surface area contributed by atoms with E-state index >= 15 is 0 Å². The Morgan fingerprint density at radius 3 is 2.63 bits per heavy atom. The lowest BCUT2D eigenvalue weighted by atomic mass is 10.0. The first-order valence-electron chi connectivity index (χ1n) is 6.72. The van der Waals surface area contributed by atoms with Crippen LogP contribution in [0.4, 0.5) is 0 Å². The molecule has 0 aliphatic heterocycles. The maximum Gasteiger partial charge on any atom is 0.0314 e. The Kier molecular flexibility index (Phi) is 6.08. The average molecular weight is 338 g/mol. The number of halogens is 1. The van der Waals surface area contributed by atoms with Gasteiger partial charge >= 0.3 is 0 Å². The summed E-state index contributed by atoms with van der Waals surface area (Å²) in [6, 6.07) is 13.4. The zero-order chi connectivity index (χ0) is 13.5. The monoisotopic (exact) mass is 337 g/mol. The van der Waals surface area contributed by atoms with Gasteiger partial charge in [-0.05, 0) is 65.7 Å². The molecule has 1 aromatic carbocycles. The van der Waals surface area contributed by atoms with Crippen LogP contribution >= 0.6 is 27.3 Å². The minimum atomic E-state index is 0.568. The second-order valence-corrected chi connectivity index (χ2v) is 6.61. The molecule has 1 nitrogen and oxygen atoms in total. The quantitative estimate of drug-likeness (QED) is 0.774. The van der Waals surface area contributed by atoms with E-state index < -0.39 is 0 Å². The number of hydrogen-bond acceptors (Lipinski definition) is 2. The lowest BCUT2D eigenvalue weighted by Crippen LogP contribution is -2.27. The Morgan fingerprint density at radius 1 is 1.21 bits per heavy atom. The van der Waals surface area contributed by atoms with Crippen LogP contribution in [0.25, 0.3) is 0 Å². The van der Waals surface area contributed by atoms with E-state index in [-0.39, 0.29) is 0 Å². The maximum atomic E-state index is 3.61. The van der Waals surface area contributed by atoms with Crippen molar-refractivity contribution in [1.29, 1.82) is 0 Å². The normalized spacial score (nSPS) is 12.5. The number of nitrogens with one attached hydrogen (secondary N) is 1. The third-order valence-electron chi connectivity index (χ3n) is 3.39. The van der Waals surface area contributed by atoms with Crippen molar-refractivity contribution in [2.45, 2.75) is 31.7 Å². The molecule has 0 saturated heterocycles. The highest BCUT2D eigenvalue weighted by atomic mass is 79.9. The fourth-order valence-electron chi connectivity index (χ4n) is 2.24. The van der Waals surface area contributed by atoms with Gasteiger partial charge in [-0.3, -0.25) is 0 Å². The summed E-state index contributed by atoms with van der Waals surface area (Å²) in [7, 11) is 2.06. The Bertz CT molecular complexity index is 481. The molecule has 0 saturated carbocycles. The standard InChI is InChI=1S/C16H20BrNS/c1-18-14(12-16-15(17)10-11-19-16)9-5-8-13-6-3-2-4-7-13/h2-4,6-7,10-11,14,18H,5,8-9,12H2,1H3. The Hall–Kier alpha value is -0.640. The largest absolute Gasteiger partial charge is 0.317 e. The molecule has 0 amide bonds. The van der Waals surface area contributed by atoms with E-state index in [4.69, 9.17) is 0 Å². The molecule has 2 rings (SSSR count). The van der Waals surface area contributed by atoms with E-state index in [1.807, 2.05) is 11.3 Å². The van der Waals surface area contributed by atoms with Crippen LogP contribution < -0.4 is 5.32 Å². The molecule has 102 valence electrons. The lowest BCUT2D eigenvalue weighted by Gasteiger charge is -2.15. The smallest absolute Gasteiger partial charge is 0.0314 e. The van der Waals surface area contributed by atoms with Gasteiger partial charge in [0.05, 0.1) is 0 Å². The molecule has 1 unspecified atom stereocenters. The van der Waals surface area contributed by atoms with Crippen LogP contribution in [0, 0.1) is 0 Å². The summed E-state index contributed by atoms with van der Waals surface area (Å²) >= 11 is 5.45.